The number of nitrogens with one attached hydrogen (secondary N) is 1. The summed E-state index contributed by atoms with van der Waals surface area (Å²) in [5, 5.41) is 3.09. The predicted molar refractivity (Wildman–Crippen MR) is 108 cm³/mol. The summed E-state index contributed by atoms with van der Waals surface area (Å²) in [5.41, 5.74) is 3.61. The molecule has 2 heterocycles. The van der Waals surface area contributed by atoms with Gasteiger partial charge in [-0.3, -0.25) is 9.69 Å². The zero-order chi connectivity index (χ0) is 20.1. The lowest BCUT2D eigenvalue weighted by Crippen LogP contribution is -2.55. The number of nitrogens with zero attached hydrogens (tertiary/aromatic N) is 3. The van der Waals surface area contributed by atoms with Crippen LogP contribution >= 0.6 is 0 Å². The molecular formula is C21H32N4O3. The summed E-state index contributed by atoms with van der Waals surface area (Å²) >= 11 is 0. The number of morpholine rings is 1. The molecule has 2 aliphatic rings. The van der Waals surface area contributed by atoms with Crippen molar-refractivity contribution in [3.63, 3.8) is 0 Å². The molecule has 7 heteroatoms. The third-order valence-corrected chi connectivity index (χ3v) is 5.70. The van der Waals surface area contributed by atoms with Gasteiger partial charge in [0.15, 0.2) is 0 Å². The van der Waals surface area contributed by atoms with Crippen LogP contribution in [0.3, 0.4) is 0 Å². The normalized spacial score (nSPS) is 19.4. The highest BCUT2D eigenvalue weighted by Gasteiger charge is 2.27. The summed E-state index contributed by atoms with van der Waals surface area (Å²) in [6, 6.07) is 6.38. The van der Waals surface area contributed by atoms with Crippen molar-refractivity contribution < 1.29 is 14.3 Å². The maximum atomic E-state index is 12.5. The quantitative estimate of drug-likeness (QED) is 0.850. The average molecular weight is 389 g/mol. The highest BCUT2D eigenvalue weighted by atomic mass is 16.5. The van der Waals surface area contributed by atoms with Crippen LogP contribution in [-0.2, 0) is 9.53 Å². The Morgan fingerprint density at radius 3 is 2.29 bits per heavy atom. The van der Waals surface area contributed by atoms with E-state index in [0.29, 0.717) is 45.9 Å². The van der Waals surface area contributed by atoms with Crippen molar-refractivity contribution in [3.8, 4) is 0 Å². The number of benzene rings is 1. The van der Waals surface area contributed by atoms with E-state index in [-0.39, 0.29) is 18.0 Å². The fourth-order valence-corrected chi connectivity index (χ4v) is 3.66. The molecule has 2 fully saturated rings. The van der Waals surface area contributed by atoms with Crippen LogP contribution in [0.4, 0.5) is 4.79 Å². The first-order chi connectivity index (χ1) is 13.4. The first-order valence-electron chi connectivity index (χ1n) is 10.1. The van der Waals surface area contributed by atoms with E-state index in [1.165, 1.54) is 11.1 Å². The van der Waals surface area contributed by atoms with Crippen LogP contribution in [0.5, 0.6) is 0 Å². The van der Waals surface area contributed by atoms with Crippen molar-refractivity contribution in [2.75, 3.05) is 59.0 Å². The van der Waals surface area contributed by atoms with Gasteiger partial charge in [0.05, 0.1) is 25.8 Å². The zero-order valence-corrected chi connectivity index (χ0v) is 17.2. The first-order valence-corrected chi connectivity index (χ1v) is 10.1. The van der Waals surface area contributed by atoms with Gasteiger partial charge in [0.25, 0.3) is 0 Å². The van der Waals surface area contributed by atoms with Gasteiger partial charge >= 0.3 is 6.03 Å². The summed E-state index contributed by atoms with van der Waals surface area (Å²) in [6.45, 7) is 11.9. The molecule has 0 radical (unpaired) electrons. The number of rotatable bonds is 4. The number of piperazine rings is 1. The fourth-order valence-electron chi connectivity index (χ4n) is 3.66. The van der Waals surface area contributed by atoms with Crippen LogP contribution in [0.2, 0.25) is 0 Å². The smallest absolute Gasteiger partial charge is 0.320 e. The minimum absolute atomic E-state index is 0.0176. The second kappa shape index (κ2) is 9.39. The topological polar surface area (TPSA) is 65.1 Å². The summed E-state index contributed by atoms with van der Waals surface area (Å²) in [5.74, 6) is 0.0266. The molecule has 1 unspecified atom stereocenters. The third kappa shape index (κ3) is 5.23. The molecule has 0 saturated carbocycles. The van der Waals surface area contributed by atoms with Crippen molar-refractivity contribution in [1.82, 2.24) is 20.0 Å². The largest absolute Gasteiger partial charge is 0.378 e. The number of ether oxygens (including phenoxy) is 1. The monoisotopic (exact) mass is 388 g/mol. The van der Waals surface area contributed by atoms with Gasteiger partial charge in [-0.05, 0) is 37.5 Å². The van der Waals surface area contributed by atoms with Crippen LogP contribution in [0.25, 0.3) is 0 Å². The summed E-state index contributed by atoms with van der Waals surface area (Å²) < 4.78 is 5.31. The van der Waals surface area contributed by atoms with Gasteiger partial charge in [0.1, 0.15) is 0 Å². The van der Waals surface area contributed by atoms with Gasteiger partial charge in [-0.25, -0.2) is 4.79 Å². The molecule has 1 aromatic carbocycles. The van der Waals surface area contributed by atoms with Crippen LogP contribution in [0.1, 0.15) is 29.7 Å². The van der Waals surface area contributed by atoms with Crippen LogP contribution in [0, 0.1) is 13.8 Å². The van der Waals surface area contributed by atoms with E-state index < -0.39 is 0 Å². The van der Waals surface area contributed by atoms with E-state index >= 15 is 0 Å². The van der Waals surface area contributed by atoms with E-state index in [2.05, 4.69) is 42.3 Å². The number of carbonyl (C=O) groups is 2. The molecule has 0 bridgehead atoms. The summed E-state index contributed by atoms with van der Waals surface area (Å²) in [6.07, 6.45) is 0. The Bertz CT molecular complexity index is 695. The Hall–Kier alpha value is -2.12. The third-order valence-electron chi connectivity index (χ3n) is 5.70. The zero-order valence-electron chi connectivity index (χ0n) is 17.2. The lowest BCUT2D eigenvalue weighted by Gasteiger charge is -2.38. The number of urea groups is 1. The molecule has 2 aliphatic heterocycles. The van der Waals surface area contributed by atoms with Crippen LogP contribution < -0.4 is 5.32 Å². The lowest BCUT2D eigenvalue weighted by molar-refractivity contribution is -0.123. The summed E-state index contributed by atoms with van der Waals surface area (Å²) in [4.78, 5) is 30.8. The predicted octanol–water partition coefficient (Wildman–Crippen LogP) is 1.55. The Morgan fingerprint density at radius 2 is 1.64 bits per heavy atom. The van der Waals surface area contributed by atoms with Gasteiger partial charge in [-0.15, -0.1) is 0 Å². The highest BCUT2D eigenvalue weighted by molar-refractivity contribution is 5.78. The molecule has 0 aromatic heterocycles. The molecule has 1 aromatic rings. The molecule has 1 atom stereocenters. The molecular weight excluding hydrogens is 356 g/mol. The van der Waals surface area contributed by atoms with Gasteiger partial charge in [-0.1, -0.05) is 18.2 Å². The number of amides is 3. The summed E-state index contributed by atoms with van der Waals surface area (Å²) in [7, 11) is 0. The Kier molecular flexibility index (Phi) is 6.91. The number of hydrogen-bond acceptors (Lipinski definition) is 4. The molecule has 0 aliphatic carbocycles. The highest BCUT2D eigenvalue weighted by Crippen LogP contribution is 2.17. The van der Waals surface area contributed by atoms with E-state index in [9.17, 15) is 9.59 Å². The molecule has 1 N–H and O–H groups in total. The second-order valence-corrected chi connectivity index (χ2v) is 7.78. The molecule has 7 nitrogen and oxygen atoms in total. The molecule has 154 valence electrons. The average Bonchev–Trinajstić information content (AvgIpc) is 2.70. The maximum Gasteiger partial charge on any atom is 0.320 e. The molecule has 28 heavy (non-hydrogen) atoms. The van der Waals surface area contributed by atoms with Gasteiger partial charge in [0, 0.05) is 39.3 Å². The van der Waals surface area contributed by atoms with Crippen molar-refractivity contribution in [1.29, 1.82) is 0 Å². The maximum absolute atomic E-state index is 12.5. The minimum atomic E-state index is -0.0176. The molecule has 3 amide bonds. The van der Waals surface area contributed by atoms with Crippen molar-refractivity contribution in [2.45, 2.75) is 26.8 Å². The molecule has 3 rings (SSSR count). The minimum Gasteiger partial charge on any atom is -0.378 e. The standard InChI is InChI=1S/C21H32N4O3/c1-16-4-5-19(14-17(16)2)18(3)22-20(26)15-23-6-8-24(9-7-23)21(27)25-10-12-28-13-11-25/h4-5,14,18H,6-13,15H2,1-3H3,(H,22,26). The van der Waals surface area contributed by atoms with E-state index in [4.69, 9.17) is 4.74 Å². The van der Waals surface area contributed by atoms with Crippen molar-refractivity contribution in [2.24, 2.45) is 0 Å². The molecule has 2 saturated heterocycles. The van der Waals surface area contributed by atoms with Crippen molar-refractivity contribution in [3.05, 3.63) is 34.9 Å². The van der Waals surface area contributed by atoms with E-state index in [1.54, 1.807) is 0 Å². The van der Waals surface area contributed by atoms with Gasteiger partial charge in [-0.2, -0.15) is 0 Å². The Balaban J connectivity index is 1.43. The number of aryl methyl sites for hydroxylation is 2. The van der Waals surface area contributed by atoms with Crippen molar-refractivity contribution >= 4 is 11.9 Å². The first kappa shape index (κ1) is 20.6. The van der Waals surface area contributed by atoms with Crippen LogP contribution in [0.15, 0.2) is 18.2 Å². The number of hydrogen-bond donors (Lipinski definition) is 1. The Labute approximate surface area is 167 Å². The van der Waals surface area contributed by atoms with Gasteiger partial charge < -0.3 is 19.9 Å². The Morgan fingerprint density at radius 1 is 1.00 bits per heavy atom. The lowest BCUT2D eigenvalue weighted by atomic mass is 10.0. The second-order valence-electron chi connectivity index (χ2n) is 7.78. The van der Waals surface area contributed by atoms with Gasteiger partial charge in [0.2, 0.25) is 5.91 Å². The van der Waals surface area contributed by atoms with Crippen LogP contribution in [-0.4, -0.2) is 85.7 Å². The fraction of sp³-hybridized carbons (Fsp3) is 0.619. The van der Waals surface area contributed by atoms with E-state index in [1.807, 2.05) is 16.7 Å². The number of carbonyl (C=O) groups excluding carboxylic acids is 2. The van der Waals surface area contributed by atoms with E-state index in [0.717, 1.165) is 18.7 Å². The SMILES string of the molecule is Cc1ccc(C(C)NC(=O)CN2CCN(C(=O)N3CCOCC3)CC2)cc1C. The molecule has 0 spiro atoms.